The van der Waals surface area contributed by atoms with E-state index in [0.717, 1.165) is 22.1 Å². The Hall–Kier alpha value is -2.07. The van der Waals surface area contributed by atoms with E-state index in [-0.39, 0.29) is 0 Å². The molecule has 0 aliphatic rings. The Morgan fingerprint density at radius 1 is 1.16 bits per heavy atom. The van der Waals surface area contributed by atoms with Crippen LogP contribution in [-0.4, -0.2) is 26.2 Å². The molecule has 0 aromatic heterocycles. The molecular formula is C15H17NO3. The molecule has 2 rings (SSSR count). The number of methoxy groups -OCH3 is 2. The highest BCUT2D eigenvalue weighted by atomic mass is 16.5. The summed E-state index contributed by atoms with van der Waals surface area (Å²) < 4.78 is 9.80. The molecule has 2 aromatic rings. The van der Waals surface area contributed by atoms with Crippen molar-refractivity contribution in [1.82, 2.24) is 0 Å². The summed E-state index contributed by atoms with van der Waals surface area (Å²) in [4.78, 5) is 11.3. The first kappa shape index (κ1) is 13.4. The lowest BCUT2D eigenvalue weighted by Gasteiger charge is -2.10. The fourth-order valence-corrected chi connectivity index (χ4v) is 2.02. The lowest BCUT2D eigenvalue weighted by atomic mass is 10.0. The van der Waals surface area contributed by atoms with Gasteiger partial charge in [0.15, 0.2) is 0 Å². The van der Waals surface area contributed by atoms with E-state index in [2.05, 4.69) is 4.74 Å². The summed E-state index contributed by atoms with van der Waals surface area (Å²) in [5.74, 6) is 0.432. The van der Waals surface area contributed by atoms with Gasteiger partial charge in [0.2, 0.25) is 0 Å². The second-order valence-electron chi connectivity index (χ2n) is 4.38. The minimum atomic E-state index is -0.624. The second kappa shape index (κ2) is 5.71. The SMILES string of the molecule is COC(=O)C(N)Cc1ccc2cc(OC)ccc2c1. The van der Waals surface area contributed by atoms with Gasteiger partial charge in [-0.1, -0.05) is 24.3 Å². The van der Waals surface area contributed by atoms with Gasteiger partial charge >= 0.3 is 5.97 Å². The van der Waals surface area contributed by atoms with E-state index in [0.29, 0.717) is 6.42 Å². The first-order valence-electron chi connectivity index (χ1n) is 6.04. The van der Waals surface area contributed by atoms with Crippen LogP contribution in [0.15, 0.2) is 36.4 Å². The van der Waals surface area contributed by atoms with Crippen molar-refractivity contribution in [2.24, 2.45) is 5.73 Å². The number of nitrogens with two attached hydrogens (primary N) is 1. The van der Waals surface area contributed by atoms with Crippen molar-refractivity contribution in [3.8, 4) is 5.75 Å². The average Bonchev–Trinajstić information content (AvgIpc) is 2.45. The third-order valence-electron chi connectivity index (χ3n) is 3.07. The zero-order chi connectivity index (χ0) is 13.8. The van der Waals surface area contributed by atoms with Gasteiger partial charge in [0.1, 0.15) is 11.8 Å². The molecule has 4 heteroatoms. The minimum absolute atomic E-state index is 0.394. The van der Waals surface area contributed by atoms with Crippen LogP contribution < -0.4 is 10.5 Å². The van der Waals surface area contributed by atoms with Crippen molar-refractivity contribution in [2.45, 2.75) is 12.5 Å². The van der Waals surface area contributed by atoms with Gasteiger partial charge in [-0.15, -0.1) is 0 Å². The van der Waals surface area contributed by atoms with Crippen LogP contribution in [0.2, 0.25) is 0 Å². The van der Waals surface area contributed by atoms with Crippen LogP contribution in [0, 0.1) is 0 Å². The quantitative estimate of drug-likeness (QED) is 0.852. The summed E-state index contributed by atoms with van der Waals surface area (Å²) >= 11 is 0. The third kappa shape index (κ3) is 3.03. The summed E-state index contributed by atoms with van der Waals surface area (Å²) in [6, 6.07) is 11.2. The zero-order valence-electron chi connectivity index (χ0n) is 11.1. The molecule has 2 N–H and O–H groups in total. The maximum absolute atomic E-state index is 11.3. The first-order chi connectivity index (χ1) is 9.13. The van der Waals surface area contributed by atoms with Gasteiger partial charge in [-0.05, 0) is 34.9 Å². The van der Waals surface area contributed by atoms with Crippen LogP contribution >= 0.6 is 0 Å². The normalized spacial score (nSPS) is 12.2. The summed E-state index contributed by atoms with van der Waals surface area (Å²) in [7, 11) is 2.99. The fourth-order valence-electron chi connectivity index (χ4n) is 2.02. The molecule has 0 spiro atoms. The fraction of sp³-hybridized carbons (Fsp3) is 0.267. The highest BCUT2D eigenvalue weighted by Crippen LogP contribution is 2.22. The van der Waals surface area contributed by atoms with Crippen LogP contribution in [-0.2, 0) is 16.0 Å². The molecule has 0 fully saturated rings. The maximum Gasteiger partial charge on any atom is 0.322 e. The van der Waals surface area contributed by atoms with Crippen molar-refractivity contribution < 1.29 is 14.3 Å². The maximum atomic E-state index is 11.3. The number of carbonyl (C=O) groups excluding carboxylic acids is 1. The van der Waals surface area contributed by atoms with Gasteiger partial charge in [-0.2, -0.15) is 0 Å². The highest BCUT2D eigenvalue weighted by Gasteiger charge is 2.14. The number of fused-ring (bicyclic) bond motifs is 1. The molecule has 0 aliphatic carbocycles. The Balaban J connectivity index is 2.24. The number of ether oxygens (including phenoxy) is 2. The molecule has 0 saturated heterocycles. The topological polar surface area (TPSA) is 61.5 Å². The van der Waals surface area contributed by atoms with Crippen molar-refractivity contribution in [1.29, 1.82) is 0 Å². The minimum Gasteiger partial charge on any atom is -0.497 e. The lowest BCUT2D eigenvalue weighted by molar-refractivity contribution is -0.142. The van der Waals surface area contributed by atoms with Gasteiger partial charge in [-0.25, -0.2) is 0 Å². The number of hydrogen-bond acceptors (Lipinski definition) is 4. The van der Waals surface area contributed by atoms with Crippen LogP contribution in [0.1, 0.15) is 5.56 Å². The Morgan fingerprint density at radius 3 is 2.53 bits per heavy atom. The average molecular weight is 259 g/mol. The van der Waals surface area contributed by atoms with Crippen molar-refractivity contribution in [2.75, 3.05) is 14.2 Å². The standard InChI is InChI=1S/C15H17NO3/c1-18-13-6-5-11-7-10(3-4-12(11)9-13)8-14(16)15(17)19-2/h3-7,9,14H,8,16H2,1-2H3. The molecule has 0 heterocycles. The van der Waals surface area contributed by atoms with Crippen LogP contribution in [0.4, 0.5) is 0 Å². The number of rotatable bonds is 4. The molecule has 100 valence electrons. The Labute approximate surface area is 112 Å². The molecule has 0 radical (unpaired) electrons. The van der Waals surface area contributed by atoms with Crippen molar-refractivity contribution >= 4 is 16.7 Å². The zero-order valence-corrected chi connectivity index (χ0v) is 11.1. The van der Waals surface area contributed by atoms with Crippen molar-refractivity contribution in [3.05, 3.63) is 42.0 Å². The molecule has 2 aromatic carbocycles. The Kier molecular flexibility index (Phi) is 4.02. The second-order valence-corrected chi connectivity index (χ2v) is 4.38. The molecule has 0 bridgehead atoms. The monoisotopic (exact) mass is 259 g/mol. The van der Waals surface area contributed by atoms with E-state index in [9.17, 15) is 4.79 Å². The van der Waals surface area contributed by atoms with Crippen LogP contribution in [0.5, 0.6) is 5.75 Å². The number of esters is 1. The molecule has 0 aliphatic heterocycles. The molecule has 4 nitrogen and oxygen atoms in total. The van der Waals surface area contributed by atoms with Crippen LogP contribution in [0.3, 0.4) is 0 Å². The van der Waals surface area contributed by atoms with E-state index in [1.807, 2.05) is 36.4 Å². The third-order valence-corrected chi connectivity index (χ3v) is 3.07. The van der Waals surface area contributed by atoms with E-state index < -0.39 is 12.0 Å². The summed E-state index contributed by atoms with van der Waals surface area (Å²) in [6.45, 7) is 0. The van der Waals surface area contributed by atoms with Gasteiger partial charge in [0, 0.05) is 0 Å². The van der Waals surface area contributed by atoms with Gasteiger partial charge in [0.05, 0.1) is 14.2 Å². The largest absolute Gasteiger partial charge is 0.497 e. The smallest absolute Gasteiger partial charge is 0.322 e. The summed E-state index contributed by atoms with van der Waals surface area (Å²) in [5.41, 5.74) is 6.76. The Bertz CT molecular complexity index is 595. The predicted molar refractivity (Wildman–Crippen MR) is 74.2 cm³/mol. The number of carbonyl (C=O) groups is 1. The number of hydrogen-bond donors (Lipinski definition) is 1. The molecule has 0 saturated carbocycles. The summed E-state index contributed by atoms with van der Waals surface area (Å²) in [6.07, 6.45) is 0.467. The van der Waals surface area contributed by atoms with Gasteiger partial charge in [-0.3, -0.25) is 4.79 Å². The van der Waals surface area contributed by atoms with E-state index in [4.69, 9.17) is 10.5 Å². The van der Waals surface area contributed by atoms with Crippen LogP contribution in [0.25, 0.3) is 10.8 Å². The lowest BCUT2D eigenvalue weighted by Crippen LogP contribution is -2.33. The summed E-state index contributed by atoms with van der Waals surface area (Å²) in [5, 5.41) is 2.19. The predicted octanol–water partition coefficient (Wildman–Crippen LogP) is 1.89. The molecular weight excluding hydrogens is 242 g/mol. The van der Waals surface area contributed by atoms with E-state index in [1.165, 1.54) is 7.11 Å². The molecule has 1 atom stereocenters. The molecule has 0 amide bonds. The van der Waals surface area contributed by atoms with E-state index >= 15 is 0 Å². The Morgan fingerprint density at radius 2 is 1.84 bits per heavy atom. The van der Waals surface area contributed by atoms with Gasteiger partial charge in [0.25, 0.3) is 0 Å². The highest BCUT2D eigenvalue weighted by molar-refractivity contribution is 5.85. The van der Waals surface area contributed by atoms with E-state index in [1.54, 1.807) is 7.11 Å². The first-order valence-corrected chi connectivity index (χ1v) is 6.04. The van der Waals surface area contributed by atoms with Crippen molar-refractivity contribution in [3.63, 3.8) is 0 Å². The molecule has 19 heavy (non-hydrogen) atoms. The molecule has 1 unspecified atom stereocenters. The number of benzene rings is 2. The van der Waals surface area contributed by atoms with Gasteiger partial charge < -0.3 is 15.2 Å².